The van der Waals surface area contributed by atoms with Crippen molar-refractivity contribution in [3.63, 3.8) is 0 Å². The Labute approximate surface area is 169 Å². The molecule has 1 unspecified atom stereocenters. The van der Waals surface area contributed by atoms with Gasteiger partial charge in [0.15, 0.2) is 0 Å². The number of hydrogen-bond donors (Lipinski definition) is 3. The molecule has 0 radical (unpaired) electrons. The van der Waals surface area contributed by atoms with Crippen molar-refractivity contribution in [2.75, 3.05) is 5.32 Å². The minimum absolute atomic E-state index is 0.0940. The number of pyridine rings is 1. The lowest BCUT2D eigenvalue weighted by Crippen LogP contribution is -2.46. The van der Waals surface area contributed by atoms with Crippen LogP contribution in [0.4, 0.5) is 10.6 Å². The van der Waals surface area contributed by atoms with Gasteiger partial charge in [-0.3, -0.25) is 14.9 Å². The number of aryl methyl sites for hydroxylation is 1. The van der Waals surface area contributed by atoms with Crippen molar-refractivity contribution in [2.45, 2.75) is 58.7 Å². The molecule has 2 heterocycles. The molecule has 9 heteroatoms. The van der Waals surface area contributed by atoms with Crippen molar-refractivity contribution in [3.05, 3.63) is 35.0 Å². The number of aromatic nitrogens is 1. The zero-order valence-corrected chi connectivity index (χ0v) is 17.3. The largest absolute Gasteiger partial charge is 0.444 e. The lowest BCUT2D eigenvalue weighted by molar-refractivity contribution is -0.121. The number of ether oxygens (including phenoxy) is 1. The van der Waals surface area contributed by atoms with Crippen LogP contribution in [0.2, 0.25) is 0 Å². The molecule has 0 fully saturated rings. The van der Waals surface area contributed by atoms with Crippen LogP contribution >= 0.6 is 0 Å². The normalized spacial score (nSPS) is 18.8. The lowest BCUT2D eigenvalue weighted by Gasteiger charge is -2.30. The number of nitrogens with two attached hydrogens (primary N) is 1. The summed E-state index contributed by atoms with van der Waals surface area (Å²) in [6.45, 7) is 8.88. The highest BCUT2D eigenvalue weighted by atomic mass is 16.6. The molecule has 0 aliphatic carbocycles. The monoisotopic (exact) mass is 401 g/mol. The van der Waals surface area contributed by atoms with Crippen molar-refractivity contribution in [1.82, 2.24) is 10.3 Å². The number of anilines is 1. The first-order valence-corrected chi connectivity index (χ1v) is 9.28. The maximum absolute atomic E-state index is 12.7. The van der Waals surface area contributed by atoms with E-state index in [1.165, 1.54) is 6.08 Å². The number of nitrogens with zero attached hydrogens (tertiary/aromatic N) is 2. The van der Waals surface area contributed by atoms with Crippen LogP contribution in [0.25, 0.3) is 0 Å². The van der Waals surface area contributed by atoms with Gasteiger partial charge in [0, 0.05) is 23.5 Å². The Morgan fingerprint density at radius 1 is 1.38 bits per heavy atom. The molecule has 1 aliphatic heterocycles. The first-order chi connectivity index (χ1) is 13.5. The third kappa shape index (κ3) is 5.26. The topological polar surface area (TPSA) is 136 Å². The number of aliphatic imine (C=N–C) groups is 1. The third-order valence-electron chi connectivity index (χ3n) is 4.14. The molecule has 0 bridgehead atoms. The summed E-state index contributed by atoms with van der Waals surface area (Å²) in [5.74, 6) is -0.500. The highest BCUT2D eigenvalue weighted by Crippen LogP contribution is 2.34. The maximum Gasteiger partial charge on any atom is 0.413 e. The number of dihydropyridines is 1. The van der Waals surface area contributed by atoms with Crippen LogP contribution in [-0.4, -0.2) is 34.7 Å². The van der Waals surface area contributed by atoms with Crippen LogP contribution in [0.3, 0.4) is 0 Å². The van der Waals surface area contributed by atoms with Crippen molar-refractivity contribution in [1.29, 1.82) is 0 Å². The van der Waals surface area contributed by atoms with E-state index in [0.29, 0.717) is 29.8 Å². The van der Waals surface area contributed by atoms with Crippen molar-refractivity contribution < 1.29 is 19.1 Å². The second-order valence-electron chi connectivity index (χ2n) is 7.74. The fraction of sp³-hybridized carbons (Fsp3) is 0.450. The van der Waals surface area contributed by atoms with E-state index in [1.807, 2.05) is 6.92 Å². The van der Waals surface area contributed by atoms with Gasteiger partial charge in [-0.2, -0.15) is 0 Å². The van der Waals surface area contributed by atoms with Crippen molar-refractivity contribution >= 4 is 29.9 Å². The Hall–Kier alpha value is -3.07. The summed E-state index contributed by atoms with van der Waals surface area (Å²) in [6, 6.07) is 1.74. The van der Waals surface area contributed by atoms with Gasteiger partial charge in [-0.1, -0.05) is 6.92 Å². The summed E-state index contributed by atoms with van der Waals surface area (Å²) in [6.07, 6.45) is 3.52. The van der Waals surface area contributed by atoms with Crippen LogP contribution in [-0.2, 0) is 32.8 Å². The molecule has 0 saturated carbocycles. The lowest BCUT2D eigenvalue weighted by atomic mass is 9.84. The minimum atomic E-state index is -1.65. The molecule has 1 aliphatic rings. The first-order valence-electron chi connectivity index (χ1n) is 9.28. The number of allylic oxidation sites excluding steroid dienone is 1. The molecular weight excluding hydrogens is 374 g/mol. The molecular formula is C20H27N5O4. The van der Waals surface area contributed by atoms with E-state index in [9.17, 15) is 14.4 Å². The van der Waals surface area contributed by atoms with E-state index in [-0.39, 0.29) is 17.9 Å². The predicted octanol–water partition coefficient (Wildman–Crippen LogP) is 1.95. The van der Waals surface area contributed by atoms with Gasteiger partial charge in [-0.05, 0) is 57.9 Å². The second kappa shape index (κ2) is 8.52. The van der Waals surface area contributed by atoms with Gasteiger partial charge in [0.05, 0.1) is 0 Å². The van der Waals surface area contributed by atoms with E-state index in [0.717, 1.165) is 0 Å². The Bertz CT molecular complexity index is 886. The quantitative estimate of drug-likeness (QED) is 0.623. The molecule has 3 amide bonds. The van der Waals surface area contributed by atoms with Crippen LogP contribution in [0.1, 0.15) is 51.4 Å². The molecule has 0 spiro atoms. The first kappa shape index (κ1) is 22.2. The van der Waals surface area contributed by atoms with E-state index in [1.54, 1.807) is 39.8 Å². The van der Waals surface area contributed by atoms with Gasteiger partial charge in [0.1, 0.15) is 17.0 Å². The standard InChI is InChI=1S/C20H27N5O4/c1-6-14-9-13(10-22-11-26)15(20(21)8-7-12(2)23-17(20)27)16(24-14)25-18(28)29-19(3,4)5/h7-9,11H,6,10,21H2,1-5H3,(H,22,26)(H,24,25,28). The summed E-state index contributed by atoms with van der Waals surface area (Å²) in [5, 5.41) is 5.19. The van der Waals surface area contributed by atoms with Crippen LogP contribution in [0.15, 0.2) is 23.2 Å². The number of amides is 3. The SMILES string of the molecule is CCc1cc(CNC=O)c(C2(N)C=CC(C)=NC2=O)c(NC(=O)OC(C)(C)C)n1. The molecule has 29 heavy (non-hydrogen) atoms. The summed E-state index contributed by atoms with van der Waals surface area (Å²) in [7, 11) is 0. The van der Waals surface area contributed by atoms with Gasteiger partial charge >= 0.3 is 6.09 Å². The summed E-state index contributed by atoms with van der Waals surface area (Å²) < 4.78 is 5.32. The predicted molar refractivity (Wildman–Crippen MR) is 109 cm³/mol. The van der Waals surface area contributed by atoms with E-state index >= 15 is 0 Å². The Balaban J connectivity index is 2.64. The fourth-order valence-corrected chi connectivity index (χ4v) is 2.89. The highest BCUT2D eigenvalue weighted by Gasteiger charge is 2.40. The Kier molecular flexibility index (Phi) is 6.53. The van der Waals surface area contributed by atoms with Crippen LogP contribution in [0, 0.1) is 0 Å². The molecule has 4 N–H and O–H groups in total. The Morgan fingerprint density at radius 2 is 2.07 bits per heavy atom. The maximum atomic E-state index is 12.7. The zero-order chi connectivity index (χ0) is 21.8. The van der Waals surface area contributed by atoms with Gasteiger partial charge in [-0.15, -0.1) is 0 Å². The van der Waals surface area contributed by atoms with Gasteiger partial charge in [0.2, 0.25) is 6.41 Å². The zero-order valence-electron chi connectivity index (χ0n) is 17.3. The van der Waals surface area contributed by atoms with E-state index < -0.39 is 23.1 Å². The second-order valence-corrected chi connectivity index (χ2v) is 7.74. The molecule has 1 atom stereocenters. The number of hydrogen-bond acceptors (Lipinski definition) is 6. The number of carbonyl (C=O) groups is 3. The van der Waals surface area contributed by atoms with Crippen LogP contribution in [0.5, 0.6) is 0 Å². The highest BCUT2D eigenvalue weighted by molar-refractivity contribution is 6.09. The minimum Gasteiger partial charge on any atom is -0.444 e. The molecule has 0 aromatic carbocycles. The summed E-state index contributed by atoms with van der Waals surface area (Å²) in [5.41, 5.74) is 6.06. The average molecular weight is 401 g/mol. The number of rotatable bonds is 6. The van der Waals surface area contributed by atoms with Crippen molar-refractivity contribution in [2.24, 2.45) is 10.7 Å². The van der Waals surface area contributed by atoms with Gasteiger partial charge in [0.25, 0.3) is 5.91 Å². The van der Waals surface area contributed by atoms with Gasteiger partial charge < -0.3 is 15.8 Å². The number of nitrogens with one attached hydrogen (secondary N) is 2. The fourth-order valence-electron chi connectivity index (χ4n) is 2.89. The molecule has 0 saturated heterocycles. The summed E-state index contributed by atoms with van der Waals surface area (Å²) >= 11 is 0. The summed E-state index contributed by atoms with van der Waals surface area (Å²) in [4.78, 5) is 44.5. The molecule has 1 aromatic heterocycles. The smallest absolute Gasteiger partial charge is 0.413 e. The van der Waals surface area contributed by atoms with Crippen LogP contribution < -0.4 is 16.4 Å². The Morgan fingerprint density at radius 3 is 2.62 bits per heavy atom. The van der Waals surface area contributed by atoms with E-state index in [4.69, 9.17) is 10.5 Å². The molecule has 1 aromatic rings. The molecule has 9 nitrogen and oxygen atoms in total. The van der Waals surface area contributed by atoms with E-state index in [2.05, 4.69) is 20.6 Å². The molecule has 2 rings (SSSR count). The molecule has 156 valence electrons. The van der Waals surface area contributed by atoms with Gasteiger partial charge in [-0.25, -0.2) is 14.8 Å². The third-order valence-corrected chi connectivity index (χ3v) is 4.14. The number of carbonyl (C=O) groups excluding carboxylic acids is 3. The van der Waals surface area contributed by atoms with Crippen molar-refractivity contribution in [3.8, 4) is 0 Å². The average Bonchev–Trinajstić information content (AvgIpc) is 2.61.